The maximum absolute atomic E-state index is 4.15. The minimum Gasteiger partial charge on any atom is -0.348 e. The number of hydrogen-bond acceptors (Lipinski definition) is 1. The number of allylic oxidation sites excluding steroid dienone is 2. The first kappa shape index (κ1) is 4.79. The van der Waals surface area contributed by atoms with Crippen molar-refractivity contribution >= 4 is 0 Å². The average Bonchev–Trinajstić information content (AvgIpc) is 2.33. The van der Waals surface area contributed by atoms with Crippen molar-refractivity contribution in [2.45, 2.75) is 12.8 Å². The van der Waals surface area contributed by atoms with Gasteiger partial charge in [0.1, 0.15) is 0 Å². The Hall–Kier alpha value is -1.05. The molecule has 0 aliphatic heterocycles. The Bertz CT molecular complexity index is 212. The van der Waals surface area contributed by atoms with Crippen molar-refractivity contribution in [1.82, 2.24) is 9.97 Å². The van der Waals surface area contributed by atoms with Crippen LogP contribution in [0.1, 0.15) is 11.4 Å². The fourth-order valence-electron chi connectivity index (χ4n) is 1.10. The van der Waals surface area contributed by atoms with Crippen LogP contribution in [0, 0.1) is 0 Å². The summed E-state index contributed by atoms with van der Waals surface area (Å²) in [4.78, 5) is 7.25. The lowest BCUT2D eigenvalue weighted by atomic mass is 10.1. The minimum atomic E-state index is 0.999. The van der Waals surface area contributed by atoms with Crippen LogP contribution in [-0.4, -0.2) is 9.97 Å². The maximum atomic E-state index is 4.15. The van der Waals surface area contributed by atoms with E-state index < -0.39 is 0 Å². The summed E-state index contributed by atoms with van der Waals surface area (Å²) in [6.07, 6.45) is 8.11. The summed E-state index contributed by atoms with van der Waals surface area (Å²) in [7, 11) is 0. The maximum Gasteiger partial charge on any atom is 0.0925 e. The van der Waals surface area contributed by atoms with Crippen molar-refractivity contribution < 1.29 is 0 Å². The zero-order valence-electron chi connectivity index (χ0n) is 5.09. The number of rotatable bonds is 0. The van der Waals surface area contributed by atoms with Gasteiger partial charge in [0.2, 0.25) is 0 Å². The van der Waals surface area contributed by atoms with Crippen LogP contribution in [0.2, 0.25) is 0 Å². The van der Waals surface area contributed by atoms with Gasteiger partial charge in [0.15, 0.2) is 0 Å². The molecule has 9 heavy (non-hydrogen) atoms. The summed E-state index contributed by atoms with van der Waals surface area (Å²) in [6, 6.07) is 0. The minimum absolute atomic E-state index is 0.999. The summed E-state index contributed by atoms with van der Waals surface area (Å²) in [5.41, 5.74) is 2.48. The molecule has 0 saturated heterocycles. The van der Waals surface area contributed by atoms with Crippen molar-refractivity contribution in [3.8, 4) is 0 Å². The summed E-state index contributed by atoms with van der Waals surface area (Å²) >= 11 is 0. The Morgan fingerprint density at radius 1 is 1.33 bits per heavy atom. The lowest BCUT2D eigenvalue weighted by Crippen LogP contribution is -1.94. The predicted molar refractivity (Wildman–Crippen MR) is 35.1 cm³/mol. The molecule has 1 aromatic heterocycles. The monoisotopic (exact) mass is 120 g/mol. The summed E-state index contributed by atoms with van der Waals surface area (Å²) in [6.45, 7) is 0. The Morgan fingerprint density at radius 2 is 2.22 bits per heavy atom. The molecule has 1 aromatic rings. The number of aromatic nitrogens is 2. The highest BCUT2D eigenvalue weighted by Crippen LogP contribution is 2.10. The van der Waals surface area contributed by atoms with Crippen LogP contribution >= 0.6 is 0 Å². The van der Waals surface area contributed by atoms with Gasteiger partial charge in [0, 0.05) is 18.5 Å². The van der Waals surface area contributed by atoms with Crippen molar-refractivity contribution in [3.05, 3.63) is 29.9 Å². The van der Waals surface area contributed by atoms with Gasteiger partial charge in [0.05, 0.1) is 12.0 Å². The van der Waals surface area contributed by atoms with Gasteiger partial charge < -0.3 is 4.98 Å². The zero-order chi connectivity index (χ0) is 6.10. The van der Waals surface area contributed by atoms with Crippen molar-refractivity contribution in [1.29, 1.82) is 0 Å². The molecule has 0 spiro atoms. The highest BCUT2D eigenvalue weighted by molar-refractivity contribution is 5.21. The largest absolute Gasteiger partial charge is 0.348 e. The van der Waals surface area contributed by atoms with Gasteiger partial charge in [-0.1, -0.05) is 12.2 Å². The van der Waals surface area contributed by atoms with Crippen LogP contribution < -0.4 is 0 Å². The molecule has 2 heteroatoms. The first-order valence-electron chi connectivity index (χ1n) is 3.13. The smallest absolute Gasteiger partial charge is 0.0925 e. The molecule has 0 radical (unpaired) electrons. The Balaban J connectivity index is 2.46. The molecule has 46 valence electrons. The number of nitrogens with zero attached hydrogens (tertiary/aromatic N) is 1. The molecule has 0 atom stereocenters. The standard InChI is InChI=1S/C7H8N2/c1-2-4-7-6(3-1)8-5-9-7/h1-2,5H,3-4H2,(H,8,9). The molecule has 2 rings (SSSR count). The number of hydrogen-bond donors (Lipinski definition) is 1. The Kier molecular flexibility index (Phi) is 0.918. The van der Waals surface area contributed by atoms with E-state index in [-0.39, 0.29) is 0 Å². The van der Waals surface area contributed by atoms with Crippen LogP contribution in [0.25, 0.3) is 0 Å². The van der Waals surface area contributed by atoms with E-state index in [4.69, 9.17) is 0 Å². The third-order valence-electron chi connectivity index (χ3n) is 1.61. The van der Waals surface area contributed by atoms with Crippen LogP contribution in [0.5, 0.6) is 0 Å². The highest BCUT2D eigenvalue weighted by Gasteiger charge is 2.04. The predicted octanol–water partition coefficient (Wildman–Crippen LogP) is 1.06. The van der Waals surface area contributed by atoms with E-state index in [0.717, 1.165) is 12.8 Å². The van der Waals surface area contributed by atoms with Gasteiger partial charge in [-0.2, -0.15) is 0 Å². The summed E-state index contributed by atoms with van der Waals surface area (Å²) < 4.78 is 0. The molecule has 1 aliphatic rings. The second-order valence-electron chi connectivity index (χ2n) is 2.21. The van der Waals surface area contributed by atoms with Crippen LogP contribution in [0.15, 0.2) is 18.5 Å². The van der Waals surface area contributed by atoms with E-state index in [0.29, 0.717) is 0 Å². The lowest BCUT2D eigenvalue weighted by molar-refractivity contribution is 1.02. The quantitative estimate of drug-likeness (QED) is 0.509. The fourth-order valence-corrected chi connectivity index (χ4v) is 1.10. The lowest BCUT2D eigenvalue weighted by Gasteiger charge is -2.00. The number of fused-ring (bicyclic) bond motifs is 1. The molecular weight excluding hydrogens is 112 g/mol. The van der Waals surface area contributed by atoms with Crippen molar-refractivity contribution in [3.63, 3.8) is 0 Å². The average molecular weight is 120 g/mol. The van der Waals surface area contributed by atoms with E-state index in [1.54, 1.807) is 6.33 Å². The number of H-pyrrole nitrogens is 1. The topological polar surface area (TPSA) is 28.7 Å². The molecule has 0 fully saturated rings. The first-order valence-corrected chi connectivity index (χ1v) is 3.13. The van der Waals surface area contributed by atoms with Crippen LogP contribution in [0.3, 0.4) is 0 Å². The second kappa shape index (κ2) is 1.72. The number of aromatic amines is 1. The van der Waals surface area contributed by atoms with Gasteiger partial charge in [-0.3, -0.25) is 0 Å². The molecule has 0 unspecified atom stereocenters. The number of imidazole rings is 1. The summed E-state index contributed by atoms with van der Waals surface area (Å²) in [5.74, 6) is 0. The summed E-state index contributed by atoms with van der Waals surface area (Å²) in [5, 5.41) is 0. The molecule has 2 nitrogen and oxygen atoms in total. The molecule has 0 aromatic carbocycles. The van der Waals surface area contributed by atoms with E-state index in [1.165, 1.54) is 11.4 Å². The van der Waals surface area contributed by atoms with Crippen LogP contribution in [0.4, 0.5) is 0 Å². The molecule has 0 bridgehead atoms. The Morgan fingerprint density at radius 3 is 3.11 bits per heavy atom. The first-order chi connectivity index (χ1) is 4.47. The molecular formula is C7H8N2. The van der Waals surface area contributed by atoms with E-state index in [1.807, 2.05) is 0 Å². The molecule has 1 heterocycles. The molecule has 0 amide bonds. The molecule has 1 aliphatic carbocycles. The van der Waals surface area contributed by atoms with Gasteiger partial charge in [0.25, 0.3) is 0 Å². The van der Waals surface area contributed by atoms with Gasteiger partial charge in [-0.15, -0.1) is 0 Å². The van der Waals surface area contributed by atoms with E-state index in [9.17, 15) is 0 Å². The van der Waals surface area contributed by atoms with Gasteiger partial charge in [-0.25, -0.2) is 4.98 Å². The highest BCUT2D eigenvalue weighted by atomic mass is 14.9. The third kappa shape index (κ3) is 0.669. The van der Waals surface area contributed by atoms with Gasteiger partial charge >= 0.3 is 0 Å². The number of nitrogens with one attached hydrogen (secondary N) is 1. The second-order valence-corrected chi connectivity index (χ2v) is 2.21. The zero-order valence-corrected chi connectivity index (χ0v) is 5.09. The van der Waals surface area contributed by atoms with E-state index in [2.05, 4.69) is 22.1 Å². The molecule has 0 saturated carbocycles. The SMILES string of the molecule is C1=CCc2[nH]cnc2C1. The molecule has 1 N–H and O–H groups in total. The van der Waals surface area contributed by atoms with Crippen LogP contribution in [-0.2, 0) is 12.8 Å². The van der Waals surface area contributed by atoms with E-state index >= 15 is 0 Å². The fraction of sp³-hybridized carbons (Fsp3) is 0.286. The van der Waals surface area contributed by atoms with Crippen molar-refractivity contribution in [2.24, 2.45) is 0 Å². The Labute approximate surface area is 53.6 Å². The third-order valence-corrected chi connectivity index (χ3v) is 1.61. The van der Waals surface area contributed by atoms with Crippen molar-refractivity contribution in [2.75, 3.05) is 0 Å². The normalized spacial score (nSPS) is 15.6. The van der Waals surface area contributed by atoms with Gasteiger partial charge in [-0.05, 0) is 0 Å².